The van der Waals surface area contributed by atoms with Crippen LogP contribution < -0.4 is 5.32 Å². The maximum absolute atomic E-state index is 11.3. The quantitative estimate of drug-likeness (QED) is 0.638. The predicted octanol–water partition coefficient (Wildman–Crippen LogP) is -0.923. The molecule has 0 bridgehead atoms. The minimum absolute atomic E-state index is 0.170. The van der Waals surface area contributed by atoms with Crippen molar-refractivity contribution in [3.63, 3.8) is 0 Å². The number of hydrogen-bond acceptors (Lipinski definition) is 5. The second-order valence-corrected chi connectivity index (χ2v) is 7.10. The molecule has 0 aromatic carbocycles. The third kappa shape index (κ3) is 4.37. The Kier molecular flexibility index (Phi) is 4.73. The third-order valence-electron chi connectivity index (χ3n) is 3.01. The lowest BCUT2D eigenvalue weighted by Gasteiger charge is -2.27. The second-order valence-electron chi connectivity index (χ2n) is 4.63. The van der Waals surface area contributed by atoms with E-state index in [2.05, 4.69) is 5.32 Å². The first-order chi connectivity index (χ1) is 7.37. The van der Waals surface area contributed by atoms with Crippen molar-refractivity contribution in [2.45, 2.75) is 18.9 Å². The van der Waals surface area contributed by atoms with Crippen LogP contribution in [0.15, 0.2) is 0 Å². The molecule has 0 aromatic rings. The van der Waals surface area contributed by atoms with Crippen molar-refractivity contribution in [3.8, 4) is 0 Å². The second kappa shape index (κ2) is 5.44. The molecule has 1 aliphatic heterocycles. The lowest BCUT2D eigenvalue weighted by atomic mass is 10.0. The first-order valence-electron chi connectivity index (χ1n) is 5.69. The fraction of sp³-hybridized carbons (Fsp3) is 1.00. The Morgan fingerprint density at radius 1 is 1.50 bits per heavy atom. The van der Waals surface area contributed by atoms with Gasteiger partial charge in [0.25, 0.3) is 0 Å². The zero-order valence-electron chi connectivity index (χ0n) is 10.1. The Morgan fingerprint density at radius 3 is 2.69 bits per heavy atom. The van der Waals surface area contributed by atoms with Gasteiger partial charge in [-0.3, -0.25) is 0 Å². The molecule has 16 heavy (non-hydrogen) atoms. The first kappa shape index (κ1) is 13.9. The highest BCUT2D eigenvalue weighted by atomic mass is 32.2. The van der Waals surface area contributed by atoms with Gasteiger partial charge in [0.1, 0.15) is 0 Å². The summed E-state index contributed by atoms with van der Waals surface area (Å²) in [7, 11) is -1.06. The summed E-state index contributed by atoms with van der Waals surface area (Å²) in [5.41, 5.74) is -0.690. The molecular formula is C10H22N2O3S. The summed E-state index contributed by atoms with van der Waals surface area (Å²) in [6.45, 7) is 4.09. The maximum atomic E-state index is 11.3. The molecule has 0 radical (unpaired) electrons. The molecule has 0 amide bonds. The molecular weight excluding hydrogens is 228 g/mol. The van der Waals surface area contributed by atoms with Gasteiger partial charge in [0.05, 0.1) is 11.4 Å². The summed E-state index contributed by atoms with van der Waals surface area (Å²) in [5.74, 6) is 0.357. The number of β-amino-alcohol motifs (C(OH)–C–C–N with tert-alkyl or cyclic N) is 1. The van der Waals surface area contributed by atoms with E-state index in [1.807, 2.05) is 11.9 Å². The van der Waals surface area contributed by atoms with Crippen LogP contribution >= 0.6 is 0 Å². The first-order valence-corrected chi connectivity index (χ1v) is 7.51. The fourth-order valence-corrected chi connectivity index (χ4v) is 2.76. The van der Waals surface area contributed by atoms with Crippen molar-refractivity contribution in [2.75, 3.05) is 44.7 Å². The van der Waals surface area contributed by atoms with Gasteiger partial charge in [0.2, 0.25) is 0 Å². The van der Waals surface area contributed by atoms with E-state index in [4.69, 9.17) is 0 Å². The summed E-state index contributed by atoms with van der Waals surface area (Å²) >= 11 is 0. The van der Waals surface area contributed by atoms with Gasteiger partial charge < -0.3 is 15.3 Å². The monoisotopic (exact) mass is 250 g/mol. The SMILES string of the molecule is CCS(=O)(=O)CCN(C)CC1(O)CCNC1. The smallest absolute Gasteiger partial charge is 0.151 e. The number of rotatable bonds is 6. The largest absolute Gasteiger partial charge is 0.387 e. The van der Waals surface area contributed by atoms with Crippen LogP contribution in [0.4, 0.5) is 0 Å². The molecule has 0 spiro atoms. The van der Waals surface area contributed by atoms with E-state index in [-0.39, 0.29) is 11.5 Å². The van der Waals surface area contributed by atoms with Crippen molar-refractivity contribution >= 4 is 9.84 Å². The van der Waals surface area contributed by atoms with E-state index in [1.165, 1.54) is 0 Å². The molecule has 1 unspecified atom stereocenters. The fourth-order valence-electron chi connectivity index (χ4n) is 1.89. The number of sulfone groups is 1. The molecule has 96 valence electrons. The molecule has 1 aliphatic rings. The summed E-state index contributed by atoms with van der Waals surface area (Å²) in [5, 5.41) is 13.2. The Hall–Kier alpha value is -0.170. The number of aliphatic hydroxyl groups is 1. The molecule has 5 nitrogen and oxygen atoms in total. The van der Waals surface area contributed by atoms with Gasteiger partial charge in [-0.1, -0.05) is 6.92 Å². The topological polar surface area (TPSA) is 69.6 Å². The zero-order valence-corrected chi connectivity index (χ0v) is 10.9. The van der Waals surface area contributed by atoms with E-state index in [0.717, 1.165) is 13.0 Å². The number of nitrogens with zero attached hydrogens (tertiary/aromatic N) is 1. The predicted molar refractivity (Wildman–Crippen MR) is 64.3 cm³/mol. The molecule has 1 heterocycles. The van der Waals surface area contributed by atoms with Crippen LogP contribution in [0, 0.1) is 0 Å². The highest BCUT2D eigenvalue weighted by Gasteiger charge is 2.32. The van der Waals surface area contributed by atoms with Crippen molar-refractivity contribution in [1.82, 2.24) is 10.2 Å². The maximum Gasteiger partial charge on any atom is 0.151 e. The minimum Gasteiger partial charge on any atom is -0.387 e. The molecule has 1 rings (SSSR count). The van der Waals surface area contributed by atoms with Crippen molar-refractivity contribution in [2.24, 2.45) is 0 Å². The molecule has 0 saturated carbocycles. The van der Waals surface area contributed by atoms with E-state index in [1.54, 1.807) is 6.92 Å². The Balaban J connectivity index is 2.33. The van der Waals surface area contributed by atoms with Crippen LogP contribution in [0.5, 0.6) is 0 Å². The van der Waals surface area contributed by atoms with Crippen LogP contribution in [0.1, 0.15) is 13.3 Å². The highest BCUT2D eigenvalue weighted by molar-refractivity contribution is 7.91. The van der Waals surface area contributed by atoms with Crippen molar-refractivity contribution in [3.05, 3.63) is 0 Å². The molecule has 1 saturated heterocycles. The Morgan fingerprint density at radius 2 is 2.19 bits per heavy atom. The number of likely N-dealkylation sites (N-methyl/N-ethyl adjacent to an activating group) is 1. The van der Waals surface area contributed by atoms with Gasteiger partial charge >= 0.3 is 0 Å². The van der Waals surface area contributed by atoms with Gasteiger partial charge in [0.15, 0.2) is 9.84 Å². The van der Waals surface area contributed by atoms with Gasteiger partial charge in [0, 0.05) is 25.4 Å². The van der Waals surface area contributed by atoms with Crippen molar-refractivity contribution < 1.29 is 13.5 Å². The third-order valence-corrected chi connectivity index (χ3v) is 4.69. The molecule has 0 aromatic heterocycles. The van der Waals surface area contributed by atoms with E-state index in [0.29, 0.717) is 19.6 Å². The summed E-state index contributed by atoms with van der Waals surface area (Å²) < 4.78 is 22.6. The zero-order chi connectivity index (χ0) is 12.2. The minimum atomic E-state index is -2.91. The highest BCUT2D eigenvalue weighted by Crippen LogP contribution is 2.15. The van der Waals surface area contributed by atoms with Gasteiger partial charge in [-0.15, -0.1) is 0 Å². The normalized spacial score (nSPS) is 26.5. The molecule has 2 N–H and O–H groups in total. The van der Waals surface area contributed by atoms with E-state index >= 15 is 0 Å². The average molecular weight is 250 g/mol. The van der Waals surface area contributed by atoms with E-state index < -0.39 is 15.4 Å². The van der Waals surface area contributed by atoms with Crippen LogP contribution in [-0.4, -0.2) is 68.8 Å². The molecule has 6 heteroatoms. The Labute approximate surface area is 97.7 Å². The van der Waals surface area contributed by atoms with Crippen LogP contribution in [0.25, 0.3) is 0 Å². The van der Waals surface area contributed by atoms with E-state index in [9.17, 15) is 13.5 Å². The summed E-state index contributed by atoms with van der Waals surface area (Å²) in [6, 6.07) is 0. The lowest BCUT2D eigenvalue weighted by Crippen LogP contribution is -2.44. The lowest BCUT2D eigenvalue weighted by molar-refractivity contribution is 0.0299. The van der Waals surface area contributed by atoms with Crippen LogP contribution in [-0.2, 0) is 9.84 Å². The van der Waals surface area contributed by atoms with Gasteiger partial charge in [-0.2, -0.15) is 0 Å². The van der Waals surface area contributed by atoms with Crippen molar-refractivity contribution in [1.29, 1.82) is 0 Å². The summed E-state index contributed by atoms with van der Waals surface area (Å²) in [4.78, 5) is 1.89. The molecule has 1 atom stereocenters. The summed E-state index contributed by atoms with van der Waals surface area (Å²) in [6.07, 6.45) is 0.734. The molecule has 1 fully saturated rings. The number of nitrogens with one attached hydrogen (secondary N) is 1. The van der Waals surface area contributed by atoms with Gasteiger partial charge in [-0.05, 0) is 20.0 Å². The van der Waals surface area contributed by atoms with Crippen LogP contribution in [0.3, 0.4) is 0 Å². The Bertz CT molecular complexity index is 310. The molecule has 0 aliphatic carbocycles. The standard InChI is InChI=1S/C10H22N2O3S/c1-3-16(14,15)7-6-12(2)9-10(13)4-5-11-8-10/h11,13H,3-9H2,1-2H3. The van der Waals surface area contributed by atoms with Crippen LogP contribution in [0.2, 0.25) is 0 Å². The average Bonchev–Trinajstić information content (AvgIpc) is 2.62. The van der Waals surface area contributed by atoms with Gasteiger partial charge in [-0.25, -0.2) is 8.42 Å². The number of hydrogen-bond donors (Lipinski definition) is 2.